The van der Waals surface area contributed by atoms with Crippen LogP contribution in [0.25, 0.3) is 0 Å². The number of carbonyl (C=O) groups is 2. The molecule has 0 spiro atoms. The van der Waals surface area contributed by atoms with Crippen LogP contribution in [-0.2, 0) is 14.3 Å². The summed E-state index contributed by atoms with van der Waals surface area (Å²) in [6.45, 7) is 5.81. The van der Waals surface area contributed by atoms with E-state index in [1.807, 2.05) is 0 Å². The molecule has 3 heteroatoms. The van der Waals surface area contributed by atoms with Crippen molar-refractivity contribution in [1.82, 2.24) is 0 Å². The van der Waals surface area contributed by atoms with E-state index in [0.29, 0.717) is 24.7 Å². The molecule has 0 bridgehead atoms. The maximum absolute atomic E-state index is 11.1. The molecule has 3 nitrogen and oxygen atoms in total. The van der Waals surface area contributed by atoms with Gasteiger partial charge in [0, 0.05) is 12.8 Å². The smallest absolute Gasteiger partial charge is 0.305 e. The molecule has 0 saturated heterocycles. The number of ketones is 1. The predicted molar refractivity (Wildman–Crippen MR) is 52.7 cm³/mol. The van der Waals surface area contributed by atoms with Gasteiger partial charge in [0.2, 0.25) is 0 Å². The average molecular weight is 198 g/mol. The average Bonchev–Trinajstić information content (AvgIpc) is 2.55. The first-order valence-corrected chi connectivity index (χ1v) is 4.95. The van der Waals surface area contributed by atoms with Crippen molar-refractivity contribution in [2.45, 2.75) is 33.6 Å². The molecule has 0 aliphatic heterocycles. The lowest BCUT2D eigenvalue weighted by molar-refractivity contribution is -0.141. The molecule has 1 fully saturated rings. The molecule has 2 atom stereocenters. The molecule has 0 aromatic rings. The molecule has 0 aromatic heterocycles. The van der Waals surface area contributed by atoms with Crippen molar-refractivity contribution < 1.29 is 14.3 Å². The Morgan fingerprint density at radius 1 is 1.21 bits per heavy atom. The van der Waals surface area contributed by atoms with Gasteiger partial charge in [-0.2, -0.15) is 0 Å². The number of rotatable bonds is 4. The number of hydrogen-bond acceptors (Lipinski definition) is 3. The second-order valence-corrected chi connectivity index (χ2v) is 4.72. The minimum absolute atomic E-state index is 0.125. The van der Waals surface area contributed by atoms with E-state index >= 15 is 0 Å². The summed E-state index contributed by atoms with van der Waals surface area (Å²) in [4.78, 5) is 22.0. The minimum Gasteiger partial charge on any atom is -0.469 e. The molecule has 1 aliphatic rings. The highest BCUT2D eigenvalue weighted by atomic mass is 16.5. The number of hydrogen-bond donors (Lipinski definition) is 0. The van der Waals surface area contributed by atoms with Crippen molar-refractivity contribution in [3.8, 4) is 0 Å². The minimum atomic E-state index is -0.172. The Kier molecular flexibility index (Phi) is 2.98. The van der Waals surface area contributed by atoms with E-state index in [1.165, 1.54) is 7.11 Å². The summed E-state index contributed by atoms with van der Waals surface area (Å²) in [6.07, 6.45) is 1.04. The van der Waals surface area contributed by atoms with Gasteiger partial charge in [0.05, 0.1) is 7.11 Å². The lowest BCUT2D eigenvalue weighted by Gasteiger charge is -2.00. The van der Waals surface area contributed by atoms with Crippen molar-refractivity contribution in [1.29, 1.82) is 0 Å². The summed E-state index contributed by atoms with van der Waals surface area (Å²) >= 11 is 0. The lowest BCUT2D eigenvalue weighted by atomic mass is 10.1. The number of Topliss-reactive ketones (excluding diaryl/α,β-unsaturated/α-hetero) is 1. The summed E-state index contributed by atoms with van der Waals surface area (Å²) in [5.74, 6) is 0.711. The molecule has 0 radical (unpaired) electrons. The number of methoxy groups -OCH3 is 1. The monoisotopic (exact) mass is 198 g/mol. The molecule has 0 amide bonds. The molecule has 0 unspecified atom stereocenters. The first-order chi connectivity index (χ1) is 6.39. The summed E-state index contributed by atoms with van der Waals surface area (Å²) in [5, 5.41) is 0. The summed E-state index contributed by atoms with van der Waals surface area (Å²) < 4.78 is 4.62. The topological polar surface area (TPSA) is 43.4 Å². The van der Waals surface area contributed by atoms with Gasteiger partial charge in [-0.25, -0.2) is 0 Å². The molecular formula is C11H18O3. The Morgan fingerprint density at radius 3 is 2.14 bits per heavy atom. The zero-order chi connectivity index (χ0) is 10.9. The Balaban J connectivity index is 2.48. The van der Waals surface area contributed by atoms with E-state index in [4.69, 9.17) is 0 Å². The van der Waals surface area contributed by atoms with E-state index in [0.717, 1.165) is 0 Å². The highest BCUT2D eigenvalue weighted by Gasteiger charge is 2.57. The number of ether oxygens (including phenoxy) is 1. The van der Waals surface area contributed by atoms with Crippen LogP contribution in [0.3, 0.4) is 0 Å². The van der Waals surface area contributed by atoms with E-state index < -0.39 is 0 Å². The van der Waals surface area contributed by atoms with Crippen LogP contribution >= 0.6 is 0 Å². The second-order valence-electron chi connectivity index (χ2n) is 4.72. The Bertz CT molecular complexity index is 255. The highest BCUT2D eigenvalue weighted by molar-refractivity contribution is 5.77. The van der Waals surface area contributed by atoms with Crippen molar-refractivity contribution in [3.05, 3.63) is 0 Å². The van der Waals surface area contributed by atoms with Crippen LogP contribution < -0.4 is 0 Å². The Labute approximate surface area is 84.8 Å². The quantitative estimate of drug-likeness (QED) is 0.647. The lowest BCUT2D eigenvalue weighted by Crippen LogP contribution is -2.03. The van der Waals surface area contributed by atoms with Crippen LogP contribution in [-0.4, -0.2) is 18.9 Å². The fraction of sp³-hybridized carbons (Fsp3) is 0.818. The Hall–Kier alpha value is -0.860. The second kappa shape index (κ2) is 3.71. The van der Waals surface area contributed by atoms with E-state index in [1.54, 1.807) is 6.92 Å². The van der Waals surface area contributed by atoms with E-state index in [9.17, 15) is 9.59 Å². The van der Waals surface area contributed by atoms with E-state index in [2.05, 4.69) is 18.6 Å². The van der Waals surface area contributed by atoms with Crippen molar-refractivity contribution in [2.24, 2.45) is 17.3 Å². The maximum atomic E-state index is 11.1. The van der Waals surface area contributed by atoms with Crippen molar-refractivity contribution in [3.63, 3.8) is 0 Å². The standard InChI is InChI=1S/C11H18O3/c1-7(12)5-8-9(11(8,2)3)6-10(13)14-4/h8-9H,5-6H2,1-4H3/t8-,9+/m1/s1. The van der Waals surface area contributed by atoms with Gasteiger partial charge >= 0.3 is 5.97 Å². The van der Waals surface area contributed by atoms with Crippen LogP contribution in [0.2, 0.25) is 0 Å². The number of carbonyl (C=O) groups excluding carboxylic acids is 2. The van der Waals surface area contributed by atoms with Crippen LogP contribution in [0.5, 0.6) is 0 Å². The molecule has 1 aliphatic carbocycles. The molecule has 1 rings (SSSR count). The van der Waals surface area contributed by atoms with Crippen LogP contribution in [0.15, 0.2) is 0 Å². The molecule has 0 N–H and O–H groups in total. The van der Waals surface area contributed by atoms with E-state index in [-0.39, 0.29) is 17.2 Å². The molecule has 14 heavy (non-hydrogen) atoms. The van der Waals surface area contributed by atoms with Gasteiger partial charge in [-0.3, -0.25) is 4.79 Å². The summed E-state index contributed by atoms with van der Waals surface area (Å²) in [7, 11) is 1.40. The fourth-order valence-electron chi connectivity index (χ4n) is 2.24. The third-order valence-corrected chi connectivity index (χ3v) is 3.41. The predicted octanol–water partition coefficient (Wildman–Crippen LogP) is 1.80. The van der Waals surface area contributed by atoms with Crippen LogP contribution in [0.4, 0.5) is 0 Å². The molecule has 0 aromatic carbocycles. The molecular weight excluding hydrogens is 180 g/mol. The third-order valence-electron chi connectivity index (χ3n) is 3.41. The molecule has 0 heterocycles. The van der Waals surface area contributed by atoms with Gasteiger partial charge < -0.3 is 9.53 Å². The van der Waals surface area contributed by atoms with Crippen molar-refractivity contribution in [2.75, 3.05) is 7.11 Å². The zero-order valence-electron chi connectivity index (χ0n) is 9.29. The van der Waals surface area contributed by atoms with Crippen molar-refractivity contribution >= 4 is 11.8 Å². The van der Waals surface area contributed by atoms with Gasteiger partial charge in [-0.05, 0) is 24.2 Å². The van der Waals surface area contributed by atoms with Gasteiger partial charge in [0.25, 0.3) is 0 Å². The summed E-state index contributed by atoms with van der Waals surface area (Å²) in [6, 6.07) is 0. The zero-order valence-corrected chi connectivity index (χ0v) is 9.29. The molecule has 1 saturated carbocycles. The van der Waals surface area contributed by atoms with Crippen LogP contribution in [0.1, 0.15) is 33.6 Å². The van der Waals surface area contributed by atoms with Gasteiger partial charge in [0.1, 0.15) is 5.78 Å². The van der Waals surface area contributed by atoms with Crippen LogP contribution in [0, 0.1) is 17.3 Å². The normalized spacial score (nSPS) is 28.3. The summed E-state index contributed by atoms with van der Waals surface area (Å²) in [5.41, 5.74) is 0.125. The maximum Gasteiger partial charge on any atom is 0.305 e. The van der Waals surface area contributed by atoms with Gasteiger partial charge in [-0.15, -0.1) is 0 Å². The first-order valence-electron chi connectivity index (χ1n) is 4.95. The number of esters is 1. The highest BCUT2D eigenvalue weighted by Crippen LogP contribution is 2.61. The van der Waals surface area contributed by atoms with Gasteiger partial charge in [0.15, 0.2) is 0 Å². The Morgan fingerprint density at radius 2 is 1.71 bits per heavy atom. The van der Waals surface area contributed by atoms with Gasteiger partial charge in [-0.1, -0.05) is 13.8 Å². The molecule has 80 valence electrons. The third kappa shape index (κ3) is 2.14. The first kappa shape index (κ1) is 11.2. The largest absolute Gasteiger partial charge is 0.469 e. The fourth-order valence-corrected chi connectivity index (χ4v) is 2.24. The SMILES string of the molecule is COC(=O)C[C@H]1[C@@H](CC(C)=O)C1(C)C.